The van der Waals surface area contributed by atoms with Crippen LogP contribution in [0.4, 0.5) is 4.39 Å². The van der Waals surface area contributed by atoms with Crippen molar-refractivity contribution >= 4 is 11.8 Å². The van der Waals surface area contributed by atoms with Gasteiger partial charge in [-0.3, -0.25) is 9.59 Å². The van der Waals surface area contributed by atoms with Crippen molar-refractivity contribution in [3.8, 4) is 0 Å². The van der Waals surface area contributed by atoms with E-state index >= 15 is 0 Å². The Kier molecular flexibility index (Phi) is 6.99. The highest BCUT2D eigenvalue weighted by atomic mass is 19.1. The summed E-state index contributed by atoms with van der Waals surface area (Å²) in [5.41, 5.74) is 2.08. The Balaban J connectivity index is 1.72. The third kappa shape index (κ3) is 5.64. The maximum absolute atomic E-state index is 14.1. The van der Waals surface area contributed by atoms with Gasteiger partial charge in [0.15, 0.2) is 0 Å². The molecule has 0 aromatic heterocycles. The Morgan fingerprint density at radius 2 is 1.79 bits per heavy atom. The molecule has 0 radical (unpaired) electrons. The molecule has 0 aliphatic carbocycles. The van der Waals surface area contributed by atoms with Gasteiger partial charge in [0.25, 0.3) is 5.91 Å². The van der Waals surface area contributed by atoms with Crippen molar-refractivity contribution in [3.63, 3.8) is 0 Å². The zero-order chi connectivity index (χ0) is 20.8. The van der Waals surface area contributed by atoms with Crippen LogP contribution in [0.1, 0.15) is 34.3 Å². The molecule has 2 aromatic carbocycles. The lowest BCUT2D eigenvalue weighted by molar-refractivity contribution is -0.128. The molecule has 3 rings (SSSR count). The van der Waals surface area contributed by atoms with E-state index in [0.717, 1.165) is 18.5 Å². The van der Waals surface area contributed by atoms with Gasteiger partial charge in [-0.2, -0.15) is 0 Å². The van der Waals surface area contributed by atoms with Gasteiger partial charge in [-0.05, 0) is 44.3 Å². The van der Waals surface area contributed by atoms with Gasteiger partial charge in [0.2, 0.25) is 5.91 Å². The summed E-state index contributed by atoms with van der Waals surface area (Å²) in [6.07, 6.45) is 1.53. The third-order valence-electron chi connectivity index (χ3n) is 5.17. The monoisotopic (exact) mass is 397 g/mol. The highest BCUT2D eigenvalue weighted by molar-refractivity contribution is 5.94. The van der Waals surface area contributed by atoms with Crippen molar-refractivity contribution in [2.24, 2.45) is 0 Å². The van der Waals surface area contributed by atoms with Crippen molar-refractivity contribution < 1.29 is 14.0 Å². The zero-order valence-corrected chi connectivity index (χ0v) is 17.1. The molecule has 0 bridgehead atoms. The molecule has 1 fully saturated rings. The maximum atomic E-state index is 14.1. The van der Waals surface area contributed by atoms with E-state index < -0.39 is 0 Å². The van der Waals surface area contributed by atoms with Crippen LogP contribution < -0.4 is 0 Å². The average molecular weight is 397 g/mol. The van der Waals surface area contributed by atoms with Gasteiger partial charge in [0.1, 0.15) is 5.82 Å². The third-order valence-corrected chi connectivity index (χ3v) is 5.17. The molecule has 6 heteroatoms. The van der Waals surface area contributed by atoms with E-state index in [1.807, 2.05) is 36.0 Å². The predicted octanol–water partition coefficient (Wildman–Crippen LogP) is 3.15. The van der Waals surface area contributed by atoms with Crippen LogP contribution in [0.2, 0.25) is 0 Å². The second-order valence-electron chi connectivity index (χ2n) is 7.74. The minimum atomic E-state index is -0.305. The molecule has 0 atom stereocenters. The number of benzene rings is 2. The number of hydrogen-bond acceptors (Lipinski definition) is 3. The maximum Gasteiger partial charge on any atom is 0.254 e. The molecule has 0 saturated carbocycles. The first-order chi connectivity index (χ1) is 13.9. The first kappa shape index (κ1) is 21.0. The number of amides is 2. The standard InChI is InChI=1S/C23H28FN3O2/c1-25(2)14-15-27(17-20-6-3-4-7-21(20)24)23(29)19-11-9-18(10-12-19)16-26-13-5-8-22(26)28/h3-4,6-7,9-12H,5,8,13-17H2,1-2H3. The molecule has 1 aliphatic heterocycles. The Labute approximate surface area is 171 Å². The minimum absolute atomic E-state index is 0.126. The highest BCUT2D eigenvalue weighted by Crippen LogP contribution is 2.17. The lowest BCUT2D eigenvalue weighted by Gasteiger charge is -2.25. The van der Waals surface area contributed by atoms with Gasteiger partial charge in [-0.15, -0.1) is 0 Å². The summed E-state index contributed by atoms with van der Waals surface area (Å²) in [6.45, 7) is 2.79. The first-order valence-corrected chi connectivity index (χ1v) is 9.98. The van der Waals surface area contributed by atoms with E-state index in [1.54, 1.807) is 35.2 Å². The van der Waals surface area contributed by atoms with Crippen LogP contribution in [0.15, 0.2) is 48.5 Å². The van der Waals surface area contributed by atoms with Crippen LogP contribution >= 0.6 is 0 Å². The molecule has 0 unspecified atom stereocenters. The molecule has 2 amide bonds. The molecule has 2 aromatic rings. The molecule has 1 heterocycles. The van der Waals surface area contributed by atoms with Crippen molar-refractivity contribution in [2.45, 2.75) is 25.9 Å². The number of halogens is 1. The molecule has 5 nitrogen and oxygen atoms in total. The summed E-state index contributed by atoms with van der Waals surface area (Å²) in [7, 11) is 3.89. The van der Waals surface area contributed by atoms with Crippen molar-refractivity contribution in [1.29, 1.82) is 0 Å². The van der Waals surface area contributed by atoms with Crippen LogP contribution in [-0.4, -0.2) is 60.2 Å². The van der Waals surface area contributed by atoms with Gasteiger partial charge < -0.3 is 14.7 Å². The molecule has 154 valence electrons. The highest BCUT2D eigenvalue weighted by Gasteiger charge is 2.21. The van der Waals surface area contributed by atoms with Crippen molar-refractivity contribution in [2.75, 3.05) is 33.7 Å². The zero-order valence-electron chi connectivity index (χ0n) is 17.1. The van der Waals surface area contributed by atoms with Crippen LogP contribution in [0.3, 0.4) is 0 Å². The number of hydrogen-bond donors (Lipinski definition) is 0. The fourth-order valence-corrected chi connectivity index (χ4v) is 3.43. The van der Waals surface area contributed by atoms with E-state index in [9.17, 15) is 14.0 Å². The van der Waals surface area contributed by atoms with Crippen LogP contribution in [0, 0.1) is 5.82 Å². The van der Waals surface area contributed by atoms with Crippen molar-refractivity contribution in [3.05, 3.63) is 71.0 Å². The van der Waals surface area contributed by atoms with Gasteiger partial charge in [0, 0.05) is 50.3 Å². The van der Waals surface area contributed by atoms with E-state index in [4.69, 9.17) is 0 Å². The lowest BCUT2D eigenvalue weighted by Crippen LogP contribution is -2.36. The second-order valence-corrected chi connectivity index (χ2v) is 7.74. The number of nitrogens with zero attached hydrogens (tertiary/aromatic N) is 3. The fourth-order valence-electron chi connectivity index (χ4n) is 3.43. The van der Waals surface area contributed by atoms with Crippen molar-refractivity contribution in [1.82, 2.24) is 14.7 Å². The molecule has 1 saturated heterocycles. The van der Waals surface area contributed by atoms with Gasteiger partial charge in [-0.25, -0.2) is 4.39 Å². The van der Waals surface area contributed by atoms with E-state index in [0.29, 0.717) is 37.2 Å². The summed E-state index contributed by atoms with van der Waals surface area (Å²) in [5.74, 6) is -0.246. The quantitative estimate of drug-likeness (QED) is 0.687. The number of carbonyl (C=O) groups excluding carboxylic acids is 2. The van der Waals surface area contributed by atoms with Crippen LogP contribution in [0.25, 0.3) is 0 Å². The van der Waals surface area contributed by atoms with Crippen LogP contribution in [-0.2, 0) is 17.9 Å². The molecule has 29 heavy (non-hydrogen) atoms. The van der Waals surface area contributed by atoms with E-state index in [1.165, 1.54) is 6.07 Å². The number of carbonyl (C=O) groups is 2. The topological polar surface area (TPSA) is 43.9 Å². The Morgan fingerprint density at radius 3 is 2.41 bits per heavy atom. The van der Waals surface area contributed by atoms with E-state index in [-0.39, 0.29) is 24.2 Å². The molecule has 0 spiro atoms. The fraction of sp³-hybridized carbons (Fsp3) is 0.391. The SMILES string of the molecule is CN(C)CCN(Cc1ccccc1F)C(=O)c1ccc(CN2CCCC2=O)cc1. The molecular weight excluding hydrogens is 369 g/mol. The molecule has 0 N–H and O–H groups in total. The number of rotatable bonds is 8. The smallest absolute Gasteiger partial charge is 0.254 e. The summed E-state index contributed by atoms with van der Waals surface area (Å²) in [5, 5.41) is 0. The van der Waals surface area contributed by atoms with Gasteiger partial charge in [0.05, 0.1) is 0 Å². The first-order valence-electron chi connectivity index (χ1n) is 9.98. The normalized spacial score (nSPS) is 13.9. The van der Waals surface area contributed by atoms with Gasteiger partial charge in [-0.1, -0.05) is 30.3 Å². The minimum Gasteiger partial charge on any atom is -0.338 e. The molecule has 1 aliphatic rings. The summed E-state index contributed by atoms with van der Waals surface area (Å²) in [4.78, 5) is 30.4. The number of likely N-dealkylation sites (tertiary alicyclic amines) is 1. The van der Waals surface area contributed by atoms with Crippen LogP contribution in [0.5, 0.6) is 0 Å². The second kappa shape index (κ2) is 9.65. The Bertz CT molecular complexity index is 851. The largest absolute Gasteiger partial charge is 0.338 e. The molecular formula is C23H28FN3O2. The number of likely N-dealkylation sites (N-methyl/N-ethyl adjacent to an activating group) is 1. The summed E-state index contributed by atoms with van der Waals surface area (Å²) >= 11 is 0. The Morgan fingerprint density at radius 1 is 1.07 bits per heavy atom. The average Bonchev–Trinajstić information content (AvgIpc) is 3.11. The van der Waals surface area contributed by atoms with E-state index in [2.05, 4.69) is 0 Å². The van der Waals surface area contributed by atoms with Gasteiger partial charge >= 0.3 is 0 Å². The summed E-state index contributed by atoms with van der Waals surface area (Å²) in [6, 6.07) is 13.9. The summed E-state index contributed by atoms with van der Waals surface area (Å²) < 4.78 is 14.1. The predicted molar refractivity (Wildman–Crippen MR) is 111 cm³/mol. The Hall–Kier alpha value is -2.73. The lowest BCUT2D eigenvalue weighted by atomic mass is 10.1.